The second kappa shape index (κ2) is 7.11. The number of anilines is 1. The van der Waals surface area contributed by atoms with Gasteiger partial charge in [-0.1, -0.05) is 17.7 Å². The molecule has 0 spiro atoms. The molecule has 0 radical (unpaired) electrons. The van der Waals surface area contributed by atoms with E-state index in [1.54, 1.807) is 12.1 Å². The number of benzene rings is 1. The van der Waals surface area contributed by atoms with Gasteiger partial charge in [-0.05, 0) is 50.1 Å². The van der Waals surface area contributed by atoms with Gasteiger partial charge < -0.3 is 5.32 Å². The van der Waals surface area contributed by atoms with Gasteiger partial charge >= 0.3 is 0 Å². The molecule has 25 heavy (non-hydrogen) atoms. The Kier molecular flexibility index (Phi) is 5.08. The van der Waals surface area contributed by atoms with Gasteiger partial charge in [-0.3, -0.25) is 4.79 Å². The molecule has 1 aromatic carbocycles. The maximum Gasteiger partial charge on any atom is 0.258 e. The van der Waals surface area contributed by atoms with Crippen molar-refractivity contribution in [1.82, 2.24) is 9.29 Å². The zero-order chi connectivity index (χ0) is 18.0. The molecule has 2 aromatic rings. The molecule has 0 saturated carbocycles. The lowest BCUT2D eigenvalue weighted by Gasteiger charge is -2.16. The van der Waals surface area contributed by atoms with Crippen molar-refractivity contribution in [2.75, 3.05) is 18.4 Å². The highest BCUT2D eigenvalue weighted by Crippen LogP contribution is 2.25. The third-order valence-corrected chi connectivity index (χ3v) is 6.24. The topological polar surface area (TPSA) is 79.4 Å². The van der Waals surface area contributed by atoms with Crippen LogP contribution in [0.3, 0.4) is 0 Å². The van der Waals surface area contributed by atoms with Gasteiger partial charge in [0.1, 0.15) is 5.82 Å². The molecule has 1 amide bonds. The summed E-state index contributed by atoms with van der Waals surface area (Å²) in [5.74, 6) is -0.115. The summed E-state index contributed by atoms with van der Waals surface area (Å²) in [5, 5.41) is 2.83. The number of aryl methyl sites for hydroxylation is 1. The zero-order valence-corrected chi connectivity index (χ0v) is 15.3. The van der Waals surface area contributed by atoms with Crippen LogP contribution in [0.2, 0.25) is 5.02 Å². The number of nitrogens with zero attached hydrogens (tertiary/aromatic N) is 2. The predicted molar refractivity (Wildman–Crippen MR) is 96.4 cm³/mol. The number of carbonyl (C=O) groups is 1. The summed E-state index contributed by atoms with van der Waals surface area (Å²) in [6.07, 6.45) is 1.69. The Bertz CT molecular complexity index is 909. The minimum atomic E-state index is -3.61. The van der Waals surface area contributed by atoms with Crippen LogP contribution < -0.4 is 5.32 Å². The van der Waals surface area contributed by atoms with Crippen LogP contribution in [-0.2, 0) is 10.0 Å². The first-order valence-electron chi connectivity index (χ1n) is 7.92. The number of carbonyl (C=O) groups excluding carboxylic acids is 1. The summed E-state index contributed by atoms with van der Waals surface area (Å²) < 4.78 is 26.8. The van der Waals surface area contributed by atoms with Gasteiger partial charge in [0.15, 0.2) is 0 Å². The lowest BCUT2D eigenvalue weighted by atomic mass is 10.2. The van der Waals surface area contributed by atoms with E-state index in [2.05, 4.69) is 10.3 Å². The van der Waals surface area contributed by atoms with Crippen LogP contribution in [-0.4, -0.2) is 36.7 Å². The van der Waals surface area contributed by atoms with E-state index in [4.69, 9.17) is 11.6 Å². The zero-order valence-electron chi connectivity index (χ0n) is 13.7. The first-order chi connectivity index (χ1) is 11.9. The molecule has 1 N–H and O–H groups in total. The molecule has 0 aliphatic carbocycles. The van der Waals surface area contributed by atoms with Gasteiger partial charge in [0.2, 0.25) is 10.0 Å². The van der Waals surface area contributed by atoms with Gasteiger partial charge in [-0.2, -0.15) is 4.31 Å². The molecule has 132 valence electrons. The van der Waals surface area contributed by atoms with E-state index < -0.39 is 15.9 Å². The Balaban J connectivity index is 1.90. The molecule has 6 nitrogen and oxygen atoms in total. The number of hydrogen-bond acceptors (Lipinski definition) is 4. The van der Waals surface area contributed by atoms with Crippen LogP contribution >= 0.6 is 11.6 Å². The van der Waals surface area contributed by atoms with Crippen molar-refractivity contribution in [3.8, 4) is 0 Å². The molecule has 1 aromatic heterocycles. The Morgan fingerprint density at radius 2 is 1.92 bits per heavy atom. The quantitative estimate of drug-likeness (QED) is 0.885. The number of aromatic nitrogens is 1. The van der Waals surface area contributed by atoms with Gasteiger partial charge in [0.05, 0.1) is 15.5 Å². The summed E-state index contributed by atoms with van der Waals surface area (Å²) in [4.78, 5) is 16.8. The number of nitrogens with one attached hydrogen (secondary N) is 1. The Morgan fingerprint density at radius 1 is 1.20 bits per heavy atom. The van der Waals surface area contributed by atoms with Crippen molar-refractivity contribution in [2.45, 2.75) is 24.7 Å². The molecule has 2 heterocycles. The summed E-state index contributed by atoms with van der Waals surface area (Å²) >= 11 is 6.11. The van der Waals surface area contributed by atoms with Crippen molar-refractivity contribution in [1.29, 1.82) is 0 Å². The second-order valence-corrected chi connectivity index (χ2v) is 8.22. The number of pyridine rings is 1. The monoisotopic (exact) mass is 379 g/mol. The lowest BCUT2D eigenvalue weighted by Crippen LogP contribution is -2.28. The molecular weight excluding hydrogens is 362 g/mol. The fourth-order valence-electron chi connectivity index (χ4n) is 2.71. The number of sulfonamides is 1. The van der Waals surface area contributed by atoms with Crippen molar-refractivity contribution in [2.24, 2.45) is 0 Å². The van der Waals surface area contributed by atoms with Crippen molar-refractivity contribution in [3.05, 3.63) is 52.7 Å². The molecular formula is C17H18ClN3O3S. The van der Waals surface area contributed by atoms with Gasteiger partial charge in [-0.25, -0.2) is 13.4 Å². The summed E-state index contributed by atoms with van der Waals surface area (Å²) in [7, 11) is -3.61. The highest BCUT2D eigenvalue weighted by atomic mass is 35.5. The van der Waals surface area contributed by atoms with Crippen molar-refractivity contribution in [3.63, 3.8) is 0 Å². The fraction of sp³-hybridized carbons (Fsp3) is 0.294. The third kappa shape index (κ3) is 3.84. The van der Waals surface area contributed by atoms with Crippen LogP contribution in [0.4, 0.5) is 5.82 Å². The van der Waals surface area contributed by atoms with Gasteiger partial charge in [0, 0.05) is 18.8 Å². The number of hydrogen-bond donors (Lipinski definition) is 1. The Labute approximate surface area is 151 Å². The molecule has 3 rings (SSSR count). The summed E-state index contributed by atoms with van der Waals surface area (Å²) in [5.41, 5.74) is 0.861. The van der Waals surface area contributed by atoms with Crippen molar-refractivity contribution < 1.29 is 13.2 Å². The molecule has 0 unspecified atom stereocenters. The molecule has 1 aliphatic rings. The third-order valence-electron chi connectivity index (χ3n) is 4.02. The largest absolute Gasteiger partial charge is 0.307 e. The minimum absolute atomic E-state index is 0.0705. The lowest BCUT2D eigenvalue weighted by molar-refractivity contribution is 0.102. The van der Waals surface area contributed by atoms with E-state index in [-0.39, 0.29) is 15.5 Å². The van der Waals surface area contributed by atoms with Gasteiger partial charge in [0.25, 0.3) is 5.91 Å². The molecule has 0 bridgehead atoms. The Hall–Kier alpha value is -1.96. The minimum Gasteiger partial charge on any atom is -0.307 e. The first kappa shape index (κ1) is 17.8. The second-order valence-electron chi connectivity index (χ2n) is 5.87. The number of amides is 1. The molecule has 1 aliphatic heterocycles. The summed E-state index contributed by atoms with van der Waals surface area (Å²) in [6, 6.07) is 9.42. The van der Waals surface area contributed by atoms with Crippen LogP contribution in [0.1, 0.15) is 28.9 Å². The highest BCUT2D eigenvalue weighted by molar-refractivity contribution is 7.89. The molecule has 1 fully saturated rings. The van der Waals surface area contributed by atoms with E-state index in [0.717, 1.165) is 18.5 Å². The van der Waals surface area contributed by atoms with Crippen LogP contribution in [0.5, 0.6) is 0 Å². The van der Waals surface area contributed by atoms with Crippen LogP contribution in [0, 0.1) is 6.92 Å². The highest BCUT2D eigenvalue weighted by Gasteiger charge is 2.28. The molecule has 1 saturated heterocycles. The maximum absolute atomic E-state index is 12.7. The number of halogens is 1. The van der Waals surface area contributed by atoms with E-state index in [1.807, 2.05) is 13.0 Å². The standard InChI is InChI=1S/C17H18ClN3O3S/c1-12-5-4-6-16(19-12)20-17(22)14-11-13(7-8-15(14)18)25(23,24)21-9-2-3-10-21/h4-8,11H,2-3,9-10H2,1H3,(H,19,20,22). The van der Waals surface area contributed by atoms with Crippen LogP contribution in [0.25, 0.3) is 0 Å². The predicted octanol–water partition coefficient (Wildman–Crippen LogP) is 3.08. The SMILES string of the molecule is Cc1cccc(NC(=O)c2cc(S(=O)(=O)N3CCCC3)ccc2Cl)n1. The average molecular weight is 380 g/mol. The van der Waals surface area contributed by atoms with E-state index in [9.17, 15) is 13.2 Å². The summed E-state index contributed by atoms with van der Waals surface area (Å²) in [6.45, 7) is 2.81. The van der Waals surface area contributed by atoms with Crippen LogP contribution in [0.15, 0.2) is 41.3 Å². The van der Waals surface area contributed by atoms with E-state index in [0.29, 0.717) is 18.9 Å². The maximum atomic E-state index is 12.7. The number of rotatable bonds is 4. The van der Waals surface area contributed by atoms with E-state index in [1.165, 1.54) is 22.5 Å². The molecule has 0 atom stereocenters. The van der Waals surface area contributed by atoms with Gasteiger partial charge in [-0.15, -0.1) is 0 Å². The average Bonchev–Trinajstić information content (AvgIpc) is 3.10. The Morgan fingerprint density at radius 3 is 2.60 bits per heavy atom. The van der Waals surface area contributed by atoms with Crippen molar-refractivity contribution >= 4 is 33.3 Å². The smallest absolute Gasteiger partial charge is 0.258 e. The molecule has 8 heteroatoms. The van der Waals surface area contributed by atoms with E-state index >= 15 is 0 Å². The first-order valence-corrected chi connectivity index (χ1v) is 9.74. The fourth-order valence-corrected chi connectivity index (χ4v) is 4.46. The normalized spacial score (nSPS) is 15.3.